The maximum absolute atomic E-state index is 13.3. The zero-order valence-corrected chi connectivity index (χ0v) is 18.2. The zero-order chi connectivity index (χ0) is 22.6. The van der Waals surface area contributed by atoms with Gasteiger partial charge >= 0.3 is 0 Å². The van der Waals surface area contributed by atoms with Gasteiger partial charge in [-0.25, -0.2) is 12.7 Å². The van der Waals surface area contributed by atoms with Gasteiger partial charge < -0.3 is 10.6 Å². The molecule has 164 valence electrons. The van der Waals surface area contributed by atoms with Crippen LogP contribution in [0, 0.1) is 5.92 Å². The van der Waals surface area contributed by atoms with Gasteiger partial charge in [0.05, 0.1) is 10.8 Å². The van der Waals surface area contributed by atoms with Gasteiger partial charge in [-0.3, -0.25) is 14.4 Å². The average Bonchev–Trinajstić information content (AvgIpc) is 2.85. The van der Waals surface area contributed by atoms with Crippen molar-refractivity contribution in [1.29, 1.82) is 0 Å². The summed E-state index contributed by atoms with van der Waals surface area (Å²) in [6.45, 7) is -0.637. The number of hydrogen-bond acceptors (Lipinski definition) is 5. The molecule has 2 N–H and O–H groups in total. The summed E-state index contributed by atoms with van der Waals surface area (Å²) in [4.78, 5) is 38.5. The Morgan fingerprint density at radius 1 is 1.06 bits per heavy atom. The van der Waals surface area contributed by atoms with Crippen molar-refractivity contribution in [3.63, 3.8) is 0 Å². The number of halogens is 1. The van der Waals surface area contributed by atoms with Crippen molar-refractivity contribution in [3.05, 3.63) is 65.2 Å². The number of rotatable bonds is 7. The molecule has 8 nitrogen and oxygen atoms in total. The van der Waals surface area contributed by atoms with Crippen molar-refractivity contribution in [3.8, 4) is 0 Å². The Hall–Kier alpha value is -2.91. The SMILES string of the molecule is NC(=O)CCN1CC(Cc2ccccc2)C(=O)N(S(=O)(=O)c2ccc(Cl)cc2)CC1=O. The molecule has 1 aliphatic heterocycles. The number of nitrogens with zero attached hydrogens (tertiary/aromatic N) is 2. The topological polar surface area (TPSA) is 118 Å². The van der Waals surface area contributed by atoms with E-state index in [1.807, 2.05) is 30.3 Å². The Kier molecular flexibility index (Phi) is 6.97. The van der Waals surface area contributed by atoms with Crippen LogP contribution in [0.15, 0.2) is 59.5 Å². The number of nitrogens with two attached hydrogens (primary N) is 1. The summed E-state index contributed by atoms with van der Waals surface area (Å²) in [6.07, 6.45) is 0.161. The monoisotopic (exact) mass is 463 g/mol. The molecule has 0 spiro atoms. The Morgan fingerprint density at radius 2 is 1.71 bits per heavy atom. The number of primary amides is 1. The smallest absolute Gasteiger partial charge is 0.266 e. The predicted molar refractivity (Wildman–Crippen MR) is 114 cm³/mol. The highest BCUT2D eigenvalue weighted by Gasteiger charge is 2.40. The maximum atomic E-state index is 13.3. The minimum atomic E-state index is -4.28. The van der Waals surface area contributed by atoms with Crippen LogP contribution in [0.3, 0.4) is 0 Å². The van der Waals surface area contributed by atoms with Crippen LogP contribution < -0.4 is 5.73 Å². The van der Waals surface area contributed by atoms with Crippen LogP contribution in [0.5, 0.6) is 0 Å². The zero-order valence-electron chi connectivity index (χ0n) is 16.6. The van der Waals surface area contributed by atoms with E-state index in [0.29, 0.717) is 9.33 Å². The van der Waals surface area contributed by atoms with Gasteiger partial charge in [0.1, 0.15) is 6.54 Å². The molecular weight excluding hydrogens is 442 g/mol. The van der Waals surface area contributed by atoms with Crippen LogP contribution in [0.4, 0.5) is 0 Å². The summed E-state index contributed by atoms with van der Waals surface area (Å²) >= 11 is 5.84. The first-order valence-corrected chi connectivity index (χ1v) is 11.4. The lowest BCUT2D eigenvalue weighted by Crippen LogP contribution is -2.42. The number of amides is 3. The summed E-state index contributed by atoms with van der Waals surface area (Å²) in [7, 11) is -4.28. The predicted octanol–water partition coefficient (Wildman–Crippen LogP) is 1.43. The van der Waals surface area contributed by atoms with E-state index >= 15 is 0 Å². The first kappa shape index (κ1) is 22.8. The lowest BCUT2D eigenvalue weighted by atomic mass is 9.98. The molecule has 0 bridgehead atoms. The van der Waals surface area contributed by atoms with Crippen LogP contribution in [0.2, 0.25) is 5.02 Å². The second-order valence-corrected chi connectivity index (χ2v) is 9.55. The van der Waals surface area contributed by atoms with Crippen molar-refractivity contribution >= 4 is 39.3 Å². The van der Waals surface area contributed by atoms with Gasteiger partial charge in [0.25, 0.3) is 10.0 Å². The van der Waals surface area contributed by atoms with Crippen LogP contribution in [-0.4, -0.2) is 55.0 Å². The van der Waals surface area contributed by atoms with Crippen molar-refractivity contribution in [2.75, 3.05) is 19.6 Å². The third-order valence-corrected chi connectivity index (χ3v) is 7.03. The van der Waals surface area contributed by atoms with Gasteiger partial charge in [0, 0.05) is 24.5 Å². The average molecular weight is 464 g/mol. The van der Waals surface area contributed by atoms with Gasteiger partial charge in [-0.15, -0.1) is 0 Å². The Morgan fingerprint density at radius 3 is 2.32 bits per heavy atom. The molecule has 1 unspecified atom stereocenters. The molecule has 1 aliphatic rings. The van der Waals surface area contributed by atoms with Crippen molar-refractivity contribution in [2.24, 2.45) is 11.7 Å². The summed E-state index contributed by atoms with van der Waals surface area (Å²) in [6, 6.07) is 14.5. The molecule has 0 aromatic heterocycles. The number of hydrogen-bond donors (Lipinski definition) is 1. The number of sulfonamides is 1. The first-order chi connectivity index (χ1) is 14.7. The molecule has 1 fully saturated rings. The third-order valence-electron chi connectivity index (χ3n) is 5.02. The van der Waals surface area contributed by atoms with Gasteiger partial charge in [0.15, 0.2) is 0 Å². The Bertz CT molecular complexity index is 1070. The second kappa shape index (κ2) is 9.49. The molecule has 3 amide bonds. The van der Waals surface area contributed by atoms with Gasteiger partial charge in [-0.05, 0) is 36.2 Å². The summed E-state index contributed by atoms with van der Waals surface area (Å²) < 4.78 is 27.0. The molecule has 0 saturated carbocycles. The van der Waals surface area contributed by atoms with Gasteiger partial charge in [-0.2, -0.15) is 0 Å². The second-order valence-electron chi connectivity index (χ2n) is 7.25. The van der Waals surface area contributed by atoms with Crippen LogP contribution in [0.1, 0.15) is 12.0 Å². The quantitative estimate of drug-likeness (QED) is 0.666. The van der Waals surface area contributed by atoms with E-state index in [1.54, 1.807) is 0 Å². The van der Waals surface area contributed by atoms with E-state index in [2.05, 4.69) is 0 Å². The number of carbonyl (C=O) groups is 3. The molecule has 3 rings (SSSR count). The van der Waals surface area contributed by atoms with Gasteiger partial charge in [-0.1, -0.05) is 41.9 Å². The van der Waals surface area contributed by atoms with Gasteiger partial charge in [0.2, 0.25) is 17.7 Å². The summed E-state index contributed by atoms with van der Waals surface area (Å²) in [5.41, 5.74) is 6.03. The fourth-order valence-corrected chi connectivity index (χ4v) is 4.93. The molecule has 1 saturated heterocycles. The van der Waals surface area contributed by atoms with Crippen molar-refractivity contribution < 1.29 is 22.8 Å². The highest BCUT2D eigenvalue weighted by atomic mass is 35.5. The minimum Gasteiger partial charge on any atom is -0.370 e. The molecule has 2 aromatic carbocycles. The van der Waals surface area contributed by atoms with Crippen molar-refractivity contribution in [2.45, 2.75) is 17.7 Å². The van der Waals surface area contributed by atoms with Crippen LogP contribution >= 0.6 is 11.6 Å². The van der Waals surface area contributed by atoms with E-state index in [-0.39, 0.29) is 30.8 Å². The lowest BCUT2D eigenvalue weighted by molar-refractivity contribution is -0.133. The molecular formula is C21H22ClN3O5S. The number of carbonyl (C=O) groups excluding carboxylic acids is 3. The van der Waals surface area contributed by atoms with Crippen LogP contribution in [0.25, 0.3) is 0 Å². The fraction of sp³-hybridized carbons (Fsp3) is 0.286. The molecule has 1 heterocycles. The molecule has 1 atom stereocenters. The summed E-state index contributed by atoms with van der Waals surface area (Å²) in [5, 5.41) is 0.344. The first-order valence-electron chi connectivity index (χ1n) is 9.60. The van der Waals surface area contributed by atoms with Crippen molar-refractivity contribution in [1.82, 2.24) is 9.21 Å². The highest BCUT2D eigenvalue weighted by molar-refractivity contribution is 7.89. The molecule has 2 aromatic rings. The summed E-state index contributed by atoms with van der Waals surface area (Å²) in [5.74, 6) is -2.63. The Labute approximate surface area is 185 Å². The highest BCUT2D eigenvalue weighted by Crippen LogP contribution is 2.25. The van der Waals surface area contributed by atoms with Crippen LogP contribution in [-0.2, 0) is 30.8 Å². The lowest BCUT2D eigenvalue weighted by Gasteiger charge is -2.23. The standard InChI is InChI=1S/C21H22ClN3O5S/c22-17-6-8-18(9-7-17)31(29,30)25-14-20(27)24(11-10-19(23)26)13-16(21(25)28)12-15-4-2-1-3-5-15/h1-9,16H,10-14H2,(H2,23,26). The largest absolute Gasteiger partial charge is 0.370 e. The maximum Gasteiger partial charge on any atom is 0.266 e. The van der Waals surface area contributed by atoms with E-state index in [0.717, 1.165) is 5.56 Å². The van der Waals surface area contributed by atoms with E-state index in [9.17, 15) is 22.8 Å². The van der Waals surface area contributed by atoms with E-state index < -0.39 is 40.2 Å². The molecule has 0 radical (unpaired) electrons. The number of benzene rings is 2. The van der Waals surface area contributed by atoms with E-state index in [1.165, 1.54) is 29.2 Å². The molecule has 0 aliphatic carbocycles. The minimum absolute atomic E-state index is 0.00746. The normalized spacial score (nSPS) is 17.5. The molecule has 10 heteroatoms. The Balaban J connectivity index is 1.96. The van der Waals surface area contributed by atoms with E-state index in [4.69, 9.17) is 17.3 Å². The fourth-order valence-electron chi connectivity index (χ4n) is 3.40. The third kappa shape index (κ3) is 5.42. The molecule has 31 heavy (non-hydrogen) atoms.